The molecule has 2 aromatic rings. The van der Waals surface area contributed by atoms with E-state index in [4.69, 9.17) is 9.47 Å². The molecule has 0 aromatic heterocycles. The van der Waals surface area contributed by atoms with Gasteiger partial charge in [0.05, 0.1) is 31.5 Å². The lowest BCUT2D eigenvalue weighted by atomic mass is 9.97. The Balaban J connectivity index is 1.74. The van der Waals surface area contributed by atoms with Crippen LogP contribution in [0.1, 0.15) is 33.9 Å². The first-order valence-corrected chi connectivity index (χ1v) is 8.35. The minimum Gasteiger partial charge on any atom is -0.493 e. The van der Waals surface area contributed by atoms with E-state index in [1.807, 2.05) is 36.4 Å². The van der Waals surface area contributed by atoms with Gasteiger partial charge in [0.1, 0.15) is 0 Å². The second kappa shape index (κ2) is 5.63. The molecule has 1 atom stereocenters. The van der Waals surface area contributed by atoms with Crippen LogP contribution in [0.25, 0.3) is 0 Å². The Bertz CT molecular complexity index is 861. The highest BCUT2D eigenvalue weighted by Crippen LogP contribution is 2.47. The molecule has 6 heteroatoms. The fourth-order valence-electron chi connectivity index (χ4n) is 3.31. The molecule has 0 radical (unpaired) electrons. The maximum atomic E-state index is 12.8. The third-order valence-corrected chi connectivity index (χ3v) is 4.98. The molecule has 0 unspecified atom stereocenters. The summed E-state index contributed by atoms with van der Waals surface area (Å²) in [5, 5.41) is 6.12. The molecule has 0 saturated carbocycles. The number of halogens is 1. The molecule has 122 valence electrons. The first kappa shape index (κ1) is 15.2. The predicted molar refractivity (Wildman–Crippen MR) is 93.8 cm³/mol. The number of carbonyl (C=O) groups excluding carboxylic acids is 1. The van der Waals surface area contributed by atoms with E-state index in [0.29, 0.717) is 23.5 Å². The summed E-state index contributed by atoms with van der Waals surface area (Å²) in [6.45, 7) is 0. The van der Waals surface area contributed by atoms with E-state index in [1.165, 1.54) is 0 Å². The smallest absolute Gasteiger partial charge is 0.278 e. The molecule has 5 nitrogen and oxygen atoms in total. The van der Waals surface area contributed by atoms with E-state index in [-0.39, 0.29) is 11.9 Å². The summed E-state index contributed by atoms with van der Waals surface area (Å²) in [7, 11) is 3.11. The fraction of sp³-hybridized carbons (Fsp3) is 0.222. The number of benzene rings is 2. The normalized spacial score (nSPS) is 18.3. The average Bonchev–Trinajstić information content (AvgIpc) is 3.14. The van der Waals surface area contributed by atoms with Crippen LogP contribution in [0.15, 0.2) is 46.0 Å². The first-order chi connectivity index (χ1) is 11.6. The number of hydrogen-bond donors (Lipinski definition) is 0. The highest BCUT2D eigenvalue weighted by Gasteiger charge is 2.44. The summed E-state index contributed by atoms with van der Waals surface area (Å²) < 4.78 is 11.7. The molecule has 0 aliphatic carbocycles. The van der Waals surface area contributed by atoms with Crippen LogP contribution >= 0.6 is 15.9 Å². The molecule has 2 aliphatic heterocycles. The van der Waals surface area contributed by atoms with Crippen molar-refractivity contribution in [1.82, 2.24) is 5.01 Å². The van der Waals surface area contributed by atoms with Gasteiger partial charge in [-0.25, -0.2) is 5.01 Å². The van der Waals surface area contributed by atoms with Crippen molar-refractivity contribution < 1.29 is 14.3 Å². The largest absolute Gasteiger partial charge is 0.493 e. The van der Waals surface area contributed by atoms with Crippen LogP contribution in [0, 0.1) is 0 Å². The molecule has 0 bridgehead atoms. The van der Waals surface area contributed by atoms with Gasteiger partial charge in [0, 0.05) is 10.9 Å². The van der Waals surface area contributed by atoms with Gasteiger partial charge in [-0.3, -0.25) is 4.79 Å². The molecule has 2 aromatic carbocycles. The molecule has 0 fully saturated rings. The van der Waals surface area contributed by atoms with Crippen molar-refractivity contribution in [1.29, 1.82) is 0 Å². The second-order valence-electron chi connectivity index (χ2n) is 5.69. The van der Waals surface area contributed by atoms with E-state index in [9.17, 15) is 4.79 Å². The number of hydrazone groups is 1. The highest BCUT2D eigenvalue weighted by molar-refractivity contribution is 9.10. The maximum absolute atomic E-state index is 12.8. The lowest BCUT2D eigenvalue weighted by Crippen LogP contribution is -2.18. The van der Waals surface area contributed by atoms with Gasteiger partial charge in [-0.15, -0.1) is 0 Å². The standard InChI is InChI=1S/C18H15BrN2O3/c1-23-15-8-7-12-14-9-13(10-3-5-11(19)6-4-10)20-21(14)18(22)16(12)17(15)24-2/h3-8,14H,9H2,1-2H3/t14-/m1/s1. The third-order valence-electron chi connectivity index (χ3n) is 4.45. The number of nitrogens with zero attached hydrogens (tertiary/aromatic N) is 2. The number of hydrogen-bond acceptors (Lipinski definition) is 4. The van der Waals surface area contributed by atoms with Crippen molar-refractivity contribution in [2.24, 2.45) is 5.10 Å². The zero-order valence-electron chi connectivity index (χ0n) is 13.2. The van der Waals surface area contributed by atoms with Crippen molar-refractivity contribution in [3.8, 4) is 11.5 Å². The van der Waals surface area contributed by atoms with Gasteiger partial charge < -0.3 is 9.47 Å². The Morgan fingerprint density at radius 1 is 1.12 bits per heavy atom. The summed E-state index contributed by atoms with van der Waals surface area (Å²) in [6.07, 6.45) is 0.690. The van der Waals surface area contributed by atoms with Crippen LogP contribution in [-0.4, -0.2) is 30.8 Å². The van der Waals surface area contributed by atoms with Crippen molar-refractivity contribution in [2.75, 3.05) is 14.2 Å². The lowest BCUT2D eigenvalue weighted by molar-refractivity contribution is 0.0753. The van der Waals surface area contributed by atoms with Gasteiger partial charge in [0.15, 0.2) is 11.5 Å². The van der Waals surface area contributed by atoms with Gasteiger partial charge in [0.2, 0.25) is 0 Å². The van der Waals surface area contributed by atoms with Crippen molar-refractivity contribution in [2.45, 2.75) is 12.5 Å². The lowest BCUT2D eigenvalue weighted by Gasteiger charge is -2.12. The van der Waals surface area contributed by atoms with Crippen LogP contribution in [0.5, 0.6) is 11.5 Å². The number of fused-ring (bicyclic) bond motifs is 3. The quantitative estimate of drug-likeness (QED) is 0.806. The van der Waals surface area contributed by atoms with Gasteiger partial charge in [0.25, 0.3) is 5.91 Å². The zero-order chi connectivity index (χ0) is 16.8. The third kappa shape index (κ3) is 2.13. The Kier molecular flexibility index (Phi) is 3.57. The molecular formula is C18H15BrN2O3. The van der Waals surface area contributed by atoms with E-state index < -0.39 is 0 Å². The number of rotatable bonds is 3. The molecule has 0 spiro atoms. The predicted octanol–water partition coefficient (Wildman–Crippen LogP) is 3.77. The van der Waals surface area contributed by atoms with Crippen LogP contribution < -0.4 is 9.47 Å². The summed E-state index contributed by atoms with van der Waals surface area (Å²) in [4.78, 5) is 12.8. The molecule has 0 saturated heterocycles. The average molecular weight is 387 g/mol. The van der Waals surface area contributed by atoms with Crippen LogP contribution in [0.3, 0.4) is 0 Å². The topological polar surface area (TPSA) is 51.1 Å². The van der Waals surface area contributed by atoms with Crippen LogP contribution in [0.4, 0.5) is 0 Å². The molecule has 4 rings (SSSR count). The van der Waals surface area contributed by atoms with E-state index in [2.05, 4.69) is 21.0 Å². The monoisotopic (exact) mass is 386 g/mol. The van der Waals surface area contributed by atoms with E-state index >= 15 is 0 Å². The second-order valence-corrected chi connectivity index (χ2v) is 6.60. The van der Waals surface area contributed by atoms with Gasteiger partial charge in [-0.1, -0.05) is 34.1 Å². The van der Waals surface area contributed by atoms with Crippen molar-refractivity contribution >= 4 is 27.5 Å². The fourth-order valence-corrected chi connectivity index (χ4v) is 3.58. The highest BCUT2D eigenvalue weighted by atomic mass is 79.9. The summed E-state index contributed by atoms with van der Waals surface area (Å²) >= 11 is 3.43. The van der Waals surface area contributed by atoms with Crippen LogP contribution in [0.2, 0.25) is 0 Å². The SMILES string of the molecule is COc1ccc2c(c1OC)C(=O)N1N=C(c3ccc(Br)cc3)C[C@H]21. The molecule has 24 heavy (non-hydrogen) atoms. The number of amides is 1. The number of methoxy groups -OCH3 is 2. The Morgan fingerprint density at radius 2 is 1.88 bits per heavy atom. The first-order valence-electron chi connectivity index (χ1n) is 7.56. The molecule has 2 aliphatic rings. The molecular weight excluding hydrogens is 372 g/mol. The van der Waals surface area contributed by atoms with Crippen molar-refractivity contribution in [3.05, 3.63) is 57.6 Å². The number of ether oxygens (including phenoxy) is 2. The Hall–Kier alpha value is -2.34. The summed E-state index contributed by atoms with van der Waals surface area (Å²) in [5.74, 6) is 0.899. The summed E-state index contributed by atoms with van der Waals surface area (Å²) in [6, 6.07) is 11.7. The molecule has 0 N–H and O–H groups in total. The van der Waals surface area contributed by atoms with E-state index in [0.717, 1.165) is 21.3 Å². The minimum atomic E-state index is -0.141. The Labute approximate surface area is 148 Å². The van der Waals surface area contributed by atoms with Crippen LogP contribution in [-0.2, 0) is 0 Å². The van der Waals surface area contributed by atoms with E-state index in [1.54, 1.807) is 19.2 Å². The zero-order valence-corrected chi connectivity index (χ0v) is 14.8. The van der Waals surface area contributed by atoms with Crippen molar-refractivity contribution in [3.63, 3.8) is 0 Å². The van der Waals surface area contributed by atoms with Gasteiger partial charge in [-0.05, 0) is 29.3 Å². The Morgan fingerprint density at radius 3 is 2.54 bits per heavy atom. The molecule has 2 heterocycles. The molecule has 1 amide bonds. The number of carbonyl (C=O) groups is 1. The maximum Gasteiger partial charge on any atom is 0.278 e. The summed E-state index contributed by atoms with van der Waals surface area (Å²) in [5.41, 5.74) is 3.44. The minimum absolute atomic E-state index is 0.0778. The van der Waals surface area contributed by atoms with Gasteiger partial charge in [-0.2, -0.15) is 5.10 Å². The van der Waals surface area contributed by atoms with Gasteiger partial charge >= 0.3 is 0 Å².